The van der Waals surface area contributed by atoms with Crippen LogP contribution < -0.4 is 0 Å². The van der Waals surface area contributed by atoms with E-state index < -0.39 is 0 Å². The Balaban J connectivity index is 3.48. The first kappa shape index (κ1) is 31.4. The molecule has 0 fully saturated rings. The van der Waals surface area contributed by atoms with Crippen LogP contribution in [0.1, 0.15) is 117 Å². The van der Waals surface area contributed by atoms with Crippen LogP contribution in [-0.4, -0.2) is 51.5 Å². The molecule has 0 heterocycles. The maximum absolute atomic E-state index is 6.06. The van der Waals surface area contributed by atoms with Crippen LogP contribution in [0, 0.1) is 0 Å². The van der Waals surface area contributed by atoms with Crippen LogP contribution >= 0.6 is 0 Å². The van der Waals surface area contributed by atoms with Crippen molar-refractivity contribution >= 4 is 0 Å². The quantitative estimate of drug-likeness (QED) is 0.103. The lowest BCUT2D eigenvalue weighted by Gasteiger charge is -2.21. The van der Waals surface area contributed by atoms with Crippen LogP contribution in [-0.2, 0) is 9.47 Å². The lowest BCUT2D eigenvalue weighted by molar-refractivity contribution is -0.0287. The van der Waals surface area contributed by atoms with Crippen molar-refractivity contribution in [2.45, 2.75) is 123 Å². The molecule has 190 valence electrons. The van der Waals surface area contributed by atoms with Crippen molar-refractivity contribution in [3.63, 3.8) is 0 Å². The fraction of sp³-hybridized carbons (Fsp3) is 0.862. The van der Waals surface area contributed by atoms with E-state index in [0.717, 1.165) is 32.8 Å². The van der Waals surface area contributed by atoms with Crippen LogP contribution in [0.15, 0.2) is 24.3 Å². The highest BCUT2D eigenvalue weighted by Crippen LogP contribution is 2.09. The molecule has 0 aromatic heterocycles. The van der Waals surface area contributed by atoms with Crippen LogP contribution in [0.4, 0.5) is 0 Å². The number of likely N-dealkylation sites (N-methyl/N-ethyl adjacent to an activating group) is 1. The summed E-state index contributed by atoms with van der Waals surface area (Å²) in [6, 6.07) is 0. The second kappa shape index (κ2) is 26.6. The van der Waals surface area contributed by atoms with E-state index in [-0.39, 0.29) is 6.10 Å². The summed E-state index contributed by atoms with van der Waals surface area (Å²) in [5.41, 5.74) is 0. The number of unbranched alkanes of at least 4 members (excludes halogenated alkanes) is 12. The fourth-order valence-electron chi connectivity index (χ4n) is 3.75. The van der Waals surface area contributed by atoms with Crippen molar-refractivity contribution in [3.05, 3.63) is 24.3 Å². The molecule has 0 saturated heterocycles. The Bertz CT molecular complexity index is 406. The standard InChI is InChI=1S/C29H57NO2/c1-5-7-9-11-12-13-14-15-16-17-18-19-20-21-22-23-25-31-28-29(27-30(3)4)32-26-24-10-8-6-2/h12-13,15-16,29H,5-11,14,17-28H2,1-4H3. The Morgan fingerprint density at radius 1 is 0.625 bits per heavy atom. The van der Waals surface area contributed by atoms with Gasteiger partial charge >= 0.3 is 0 Å². The third-order valence-electron chi connectivity index (χ3n) is 5.71. The van der Waals surface area contributed by atoms with E-state index >= 15 is 0 Å². The molecule has 3 nitrogen and oxygen atoms in total. The van der Waals surface area contributed by atoms with Gasteiger partial charge in [-0.2, -0.15) is 0 Å². The van der Waals surface area contributed by atoms with E-state index in [1.165, 1.54) is 96.3 Å². The molecule has 0 bridgehead atoms. The summed E-state index contributed by atoms with van der Waals surface area (Å²) < 4.78 is 12.0. The van der Waals surface area contributed by atoms with Gasteiger partial charge in [0.15, 0.2) is 0 Å². The van der Waals surface area contributed by atoms with Gasteiger partial charge < -0.3 is 14.4 Å². The first-order valence-electron chi connectivity index (χ1n) is 13.8. The normalized spacial score (nSPS) is 13.2. The van der Waals surface area contributed by atoms with Crippen LogP contribution in [0.2, 0.25) is 0 Å². The average molecular weight is 452 g/mol. The van der Waals surface area contributed by atoms with E-state index in [0.29, 0.717) is 0 Å². The minimum absolute atomic E-state index is 0.205. The number of rotatable bonds is 25. The lowest BCUT2D eigenvalue weighted by Crippen LogP contribution is -2.32. The molecular weight excluding hydrogens is 394 g/mol. The molecule has 0 N–H and O–H groups in total. The zero-order chi connectivity index (χ0) is 23.5. The lowest BCUT2D eigenvalue weighted by atomic mass is 10.1. The number of hydrogen-bond acceptors (Lipinski definition) is 3. The number of ether oxygens (including phenoxy) is 2. The van der Waals surface area contributed by atoms with Gasteiger partial charge in [-0.05, 0) is 59.0 Å². The monoisotopic (exact) mass is 451 g/mol. The molecule has 1 atom stereocenters. The topological polar surface area (TPSA) is 21.7 Å². The van der Waals surface area contributed by atoms with Crippen molar-refractivity contribution in [1.82, 2.24) is 4.90 Å². The Morgan fingerprint density at radius 3 is 1.81 bits per heavy atom. The molecule has 0 aromatic rings. The molecule has 0 aliphatic rings. The van der Waals surface area contributed by atoms with E-state index in [1.54, 1.807) is 0 Å². The Kier molecular flexibility index (Phi) is 26.1. The highest BCUT2D eigenvalue weighted by molar-refractivity contribution is 4.92. The third kappa shape index (κ3) is 25.6. The van der Waals surface area contributed by atoms with Gasteiger partial charge in [-0.25, -0.2) is 0 Å². The van der Waals surface area contributed by atoms with Crippen LogP contribution in [0.5, 0.6) is 0 Å². The first-order chi connectivity index (χ1) is 15.7. The third-order valence-corrected chi connectivity index (χ3v) is 5.71. The molecule has 32 heavy (non-hydrogen) atoms. The SMILES string of the molecule is CCCCCC=CCC=CCCCCCCCCOCC(CN(C)C)OCCCCCC. The summed E-state index contributed by atoms with van der Waals surface area (Å²) in [5.74, 6) is 0. The van der Waals surface area contributed by atoms with Gasteiger partial charge in [-0.1, -0.05) is 95.9 Å². The van der Waals surface area contributed by atoms with E-state index in [9.17, 15) is 0 Å². The largest absolute Gasteiger partial charge is 0.379 e. The van der Waals surface area contributed by atoms with Gasteiger partial charge in [0.2, 0.25) is 0 Å². The molecule has 3 heteroatoms. The number of nitrogens with zero attached hydrogens (tertiary/aromatic N) is 1. The number of hydrogen-bond donors (Lipinski definition) is 0. The molecule has 0 spiro atoms. The molecule has 0 radical (unpaired) electrons. The molecule has 0 saturated carbocycles. The van der Waals surface area contributed by atoms with Crippen molar-refractivity contribution in [3.8, 4) is 0 Å². The van der Waals surface area contributed by atoms with Gasteiger partial charge in [0.1, 0.15) is 0 Å². The minimum atomic E-state index is 0.205. The molecular formula is C29H57NO2. The van der Waals surface area contributed by atoms with Gasteiger partial charge in [0.25, 0.3) is 0 Å². The Hall–Kier alpha value is -0.640. The van der Waals surface area contributed by atoms with Gasteiger partial charge in [-0.15, -0.1) is 0 Å². The second-order valence-corrected chi connectivity index (χ2v) is 9.47. The summed E-state index contributed by atoms with van der Waals surface area (Å²) in [7, 11) is 4.21. The van der Waals surface area contributed by atoms with Gasteiger partial charge in [0, 0.05) is 19.8 Å². The zero-order valence-electron chi connectivity index (χ0n) is 22.3. The van der Waals surface area contributed by atoms with Crippen molar-refractivity contribution in [2.75, 3.05) is 40.5 Å². The van der Waals surface area contributed by atoms with Gasteiger partial charge in [0.05, 0.1) is 12.7 Å². The molecule has 1 unspecified atom stereocenters. The van der Waals surface area contributed by atoms with Crippen LogP contribution in [0.3, 0.4) is 0 Å². The highest BCUT2D eigenvalue weighted by Gasteiger charge is 2.10. The highest BCUT2D eigenvalue weighted by atomic mass is 16.5. The van der Waals surface area contributed by atoms with Crippen molar-refractivity contribution < 1.29 is 9.47 Å². The Labute approximate surface area is 202 Å². The Morgan fingerprint density at radius 2 is 1.16 bits per heavy atom. The summed E-state index contributed by atoms with van der Waals surface area (Å²) in [4.78, 5) is 2.20. The van der Waals surface area contributed by atoms with Crippen molar-refractivity contribution in [2.24, 2.45) is 0 Å². The average Bonchev–Trinajstić information content (AvgIpc) is 2.77. The van der Waals surface area contributed by atoms with E-state index in [4.69, 9.17) is 9.47 Å². The van der Waals surface area contributed by atoms with E-state index in [2.05, 4.69) is 57.1 Å². The smallest absolute Gasteiger partial charge is 0.0934 e. The molecule has 0 aromatic carbocycles. The predicted octanol–water partition coefficient (Wildman–Crippen LogP) is 8.34. The zero-order valence-corrected chi connectivity index (χ0v) is 22.3. The second-order valence-electron chi connectivity index (χ2n) is 9.47. The summed E-state index contributed by atoms with van der Waals surface area (Å²) in [6.07, 6.45) is 30.0. The molecule has 0 aliphatic heterocycles. The maximum Gasteiger partial charge on any atom is 0.0934 e. The van der Waals surface area contributed by atoms with Crippen LogP contribution in [0.25, 0.3) is 0 Å². The molecule has 0 rings (SSSR count). The summed E-state index contributed by atoms with van der Waals surface area (Å²) in [6.45, 7) is 7.92. The van der Waals surface area contributed by atoms with E-state index in [1.807, 2.05) is 0 Å². The first-order valence-corrected chi connectivity index (χ1v) is 13.8. The molecule has 0 aliphatic carbocycles. The minimum Gasteiger partial charge on any atom is -0.379 e. The molecule has 0 amide bonds. The van der Waals surface area contributed by atoms with Crippen molar-refractivity contribution in [1.29, 1.82) is 0 Å². The predicted molar refractivity (Wildman–Crippen MR) is 143 cm³/mol. The fourth-order valence-corrected chi connectivity index (χ4v) is 3.75. The summed E-state index contributed by atoms with van der Waals surface area (Å²) in [5, 5.41) is 0. The summed E-state index contributed by atoms with van der Waals surface area (Å²) >= 11 is 0. The maximum atomic E-state index is 6.06. The number of allylic oxidation sites excluding steroid dienone is 4. The van der Waals surface area contributed by atoms with Gasteiger partial charge in [-0.3, -0.25) is 0 Å².